The van der Waals surface area contributed by atoms with E-state index in [2.05, 4.69) is 33.4 Å². The Balaban J connectivity index is 1.35. The van der Waals surface area contributed by atoms with Gasteiger partial charge in [0.25, 0.3) is 5.91 Å². The molecule has 0 unspecified atom stereocenters. The van der Waals surface area contributed by atoms with Gasteiger partial charge in [-0.25, -0.2) is 0 Å². The minimum atomic E-state index is -0.150. The van der Waals surface area contributed by atoms with E-state index in [0.717, 1.165) is 32.7 Å². The van der Waals surface area contributed by atoms with Crippen LogP contribution in [0.4, 0.5) is 17.1 Å². The fraction of sp³-hybridized carbons (Fsp3) is 0.0303. The number of para-hydroxylation sites is 6. The molecular formula is C33H26N4OS. The number of amides is 1. The van der Waals surface area contributed by atoms with E-state index >= 15 is 0 Å². The van der Waals surface area contributed by atoms with Gasteiger partial charge in [-0.1, -0.05) is 72.8 Å². The van der Waals surface area contributed by atoms with Gasteiger partial charge in [0.15, 0.2) is 4.77 Å². The number of carbonyl (C=O) groups is 1. The van der Waals surface area contributed by atoms with Crippen molar-refractivity contribution in [1.82, 2.24) is 9.13 Å². The zero-order valence-electron chi connectivity index (χ0n) is 21.1. The van der Waals surface area contributed by atoms with Gasteiger partial charge in [0.05, 0.1) is 29.0 Å². The van der Waals surface area contributed by atoms with Crippen molar-refractivity contribution in [2.75, 3.05) is 10.6 Å². The van der Waals surface area contributed by atoms with Gasteiger partial charge in [0.2, 0.25) is 0 Å². The summed E-state index contributed by atoms with van der Waals surface area (Å²) in [4.78, 5) is 15.5. The van der Waals surface area contributed by atoms with E-state index in [-0.39, 0.29) is 5.91 Å². The van der Waals surface area contributed by atoms with Crippen molar-refractivity contribution in [2.24, 2.45) is 0 Å². The van der Waals surface area contributed by atoms with E-state index in [1.54, 1.807) is 11.0 Å². The first-order chi connectivity index (χ1) is 19.1. The zero-order chi connectivity index (χ0) is 26.8. The van der Waals surface area contributed by atoms with Crippen molar-refractivity contribution in [3.63, 3.8) is 0 Å². The third-order valence-electron chi connectivity index (χ3n) is 6.79. The average molecular weight is 527 g/mol. The molecule has 39 heavy (non-hydrogen) atoms. The number of benzene rings is 5. The first-order valence-electron chi connectivity index (χ1n) is 12.7. The normalized spacial score (nSPS) is 11.0. The summed E-state index contributed by atoms with van der Waals surface area (Å²) in [7, 11) is 0. The van der Waals surface area contributed by atoms with Crippen LogP contribution in [0.3, 0.4) is 0 Å². The van der Waals surface area contributed by atoms with Crippen molar-refractivity contribution >= 4 is 46.2 Å². The van der Waals surface area contributed by atoms with E-state index in [1.807, 2.05) is 103 Å². The Hall–Kier alpha value is -4.94. The molecule has 1 amide bonds. The van der Waals surface area contributed by atoms with Crippen LogP contribution in [0, 0.1) is 4.77 Å². The third-order valence-corrected chi connectivity index (χ3v) is 7.19. The van der Waals surface area contributed by atoms with Crippen molar-refractivity contribution in [3.05, 3.63) is 149 Å². The van der Waals surface area contributed by atoms with Crippen LogP contribution in [0.5, 0.6) is 0 Å². The van der Waals surface area contributed by atoms with E-state index in [4.69, 9.17) is 18.0 Å². The molecule has 0 fully saturated rings. The van der Waals surface area contributed by atoms with Crippen LogP contribution in [0.25, 0.3) is 16.7 Å². The lowest BCUT2D eigenvalue weighted by Gasteiger charge is -2.24. The number of rotatable bonds is 6. The molecule has 0 spiro atoms. The van der Waals surface area contributed by atoms with Gasteiger partial charge in [-0.05, 0) is 78.4 Å². The van der Waals surface area contributed by atoms with E-state index in [1.165, 1.54) is 0 Å². The highest BCUT2D eigenvalue weighted by molar-refractivity contribution is 7.71. The average Bonchev–Trinajstić information content (AvgIpc) is 3.26. The molecule has 1 aromatic heterocycles. The van der Waals surface area contributed by atoms with Gasteiger partial charge in [0.1, 0.15) is 0 Å². The van der Waals surface area contributed by atoms with Crippen LogP contribution in [-0.2, 0) is 6.54 Å². The molecule has 0 aliphatic carbocycles. The van der Waals surface area contributed by atoms with Gasteiger partial charge >= 0.3 is 0 Å². The van der Waals surface area contributed by atoms with Crippen molar-refractivity contribution in [2.45, 2.75) is 6.54 Å². The molecule has 0 bridgehead atoms. The highest BCUT2D eigenvalue weighted by Gasteiger charge is 2.21. The Labute approximate surface area is 232 Å². The lowest BCUT2D eigenvalue weighted by Crippen LogP contribution is -2.26. The fourth-order valence-electron chi connectivity index (χ4n) is 4.89. The lowest BCUT2D eigenvalue weighted by atomic mass is 10.1. The summed E-state index contributed by atoms with van der Waals surface area (Å²) in [6.07, 6.45) is 0. The minimum Gasteiger partial charge on any atom is -0.397 e. The maximum absolute atomic E-state index is 13.8. The summed E-state index contributed by atoms with van der Waals surface area (Å²) in [5, 5.41) is 0. The molecule has 0 saturated heterocycles. The molecule has 0 aliphatic rings. The summed E-state index contributed by atoms with van der Waals surface area (Å²) < 4.78 is 4.96. The van der Waals surface area contributed by atoms with Gasteiger partial charge in [0, 0.05) is 16.9 Å². The molecule has 5 nitrogen and oxygen atoms in total. The van der Waals surface area contributed by atoms with Crippen molar-refractivity contribution < 1.29 is 4.79 Å². The molecule has 5 aromatic carbocycles. The minimum absolute atomic E-state index is 0.150. The molecule has 6 rings (SSSR count). The summed E-state index contributed by atoms with van der Waals surface area (Å²) in [5.74, 6) is -0.150. The first kappa shape index (κ1) is 24.4. The Morgan fingerprint density at radius 3 is 1.97 bits per heavy atom. The van der Waals surface area contributed by atoms with Crippen LogP contribution in [0.1, 0.15) is 15.9 Å². The number of nitrogens with two attached hydrogens (primary N) is 1. The number of hydrogen-bond acceptors (Lipinski definition) is 3. The smallest absolute Gasteiger partial charge is 0.262 e. The standard InChI is InChI=1S/C33H26N4OS/c34-28-15-7-8-16-29(28)36(26-11-3-1-4-12-26)32(38)25-21-19-24(20-22-25)23-35-30-17-9-10-18-31(30)37(33(35)39)27-13-5-2-6-14-27/h1-22H,23,34H2. The largest absolute Gasteiger partial charge is 0.397 e. The monoisotopic (exact) mass is 526 g/mol. The van der Waals surface area contributed by atoms with Crippen LogP contribution < -0.4 is 10.6 Å². The van der Waals surface area contributed by atoms with E-state index in [0.29, 0.717) is 23.5 Å². The number of anilines is 3. The van der Waals surface area contributed by atoms with Gasteiger partial charge < -0.3 is 10.3 Å². The highest BCUT2D eigenvalue weighted by Crippen LogP contribution is 2.32. The number of aromatic nitrogens is 2. The van der Waals surface area contributed by atoms with E-state index < -0.39 is 0 Å². The summed E-state index contributed by atoms with van der Waals surface area (Å²) in [6.45, 7) is 0.585. The van der Waals surface area contributed by atoms with Gasteiger partial charge in [-0.3, -0.25) is 14.3 Å². The Bertz CT molecular complexity index is 1820. The summed E-state index contributed by atoms with van der Waals surface area (Å²) in [5.41, 5.74) is 13.0. The SMILES string of the molecule is Nc1ccccc1N(C(=O)c1ccc(Cn2c(=S)n(-c3ccccc3)c3ccccc32)cc1)c1ccccc1. The number of fused-ring (bicyclic) bond motifs is 1. The molecule has 6 aromatic rings. The second kappa shape index (κ2) is 10.4. The molecule has 6 heteroatoms. The number of nitrogens with zero attached hydrogens (tertiary/aromatic N) is 3. The van der Waals surface area contributed by atoms with Crippen LogP contribution in [0.15, 0.2) is 133 Å². The molecular weight excluding hydrogens is 500 g/mol. The zero-order valence-corrected chi connectivity index (χ0v) is 22.0. The second-order valence-electron chi connectivity index (χ2n) is 9.26. The molecule has 2 N–H and O–H groups in total. The number of hydrogen-bond donors (Lipinski definition) is 1. The fourth-order valence-corrected chi connectivity index (χ4v) is 5.25. The maximum Gasteiger partial charge on any atom is 0.262 e. The van der Waals surface area contributed by atoms with Crippen molar-refractivity contribution in [1.29, 1.82) is 0 Å². The number of nitrogen functional groups attached to an aromatic ring is 1. The second-order valence-corrected chi connectivity index (χ2v) is 9.63. The van der Waals surface area contributed by atoms with E-state index in [9.17, 15) is 4.79 Å². The Morgan fingerprint density at radius 2 is 1.28 bits per heavy atom. The van der Waals surface area contributed by atoms with Gasteiger partial charge in [-0.15, -0.1) is 0 Å². The number of carbonyl (C=O) groups excluding carboxylic acids is 1. The summed E-state index contributed by atoms with van der Waals surface area (Å²) in [6, 6.07) is 43.1. The predicted molar refractivity (Wildman–Crippen MR) is 161 cm³/mol. The first-order valence-corrected chi connectivity index (χ1v) is 13.1. The number of imidazole rings is 1. The predicted octanol–water partition coefficient (Wildman–Crippen LogP) is 7.77. The van der Waals surface area contributed by atoms with Crippen molar-refractivity contribution in [3.8, 4) is 5.69 Å². The van der Waals surface area contributed by atoms with Gasteiger partial charge in [-0.2, -0.15) is 0 Å². The van der Waals surface area contributed by atoms with Crippen LogP contribution >= 0.6 is 12.2 Å². The molecule has 0 aliphatic heterocycles. The molecule has 0 saturated carbocycles. The quantitative estimate of drug-likeness (QED) is 0.178. The lowest BCUT2D eigenvalue weighted by molar-refractivity contribution is 0.0999. The molecule has 0 atom stereocenters. The topological polar surface area (TPSA) is 56.2 Å². The Kier molecular flexibility index (Phi) is 6.53. The molecule has 190 valence electrons. The highest BCUT2D eigenvalue weighted by atomic mass is 32.1. The molecule has 1 heterocycles. The molecule has 0 radical (unpaired) electrons. The maximum atomic E-state index is 13.8. The third kappa shape index (κ3) is 4.62. The summed E-state index contributed by atoms with van der Waals surface area (Å²) >= 11 is 5.95. The Morgan fingerprint density at radius 1 is 0.692 bits per heavy atom. The van der Waals surface area contributed by atoms with Crippen LogP contribution in [0.2, 0.25) is 0 Å². The van der Waals surface area contributed by atoms with Crippen LogP contribution in [-0.4, -0.2) is 15.0 Å².